The van der Waals surface area contributed by atoms with Crippen molar-refractivity contribution in [1.29, 1.82) is 0 Å². The fraction of sp³-hybridized carbons (Fsp3) is 0.250. The number of aliphatic carboxylic acids is 1. The van der Waals surface area contributed by atoms with Crippen LogP contribution in [0.2, 0.25) is 0 Å². The van der Waals surface area contributed by atoms with E-state index in [0.29, 0.717) is 0 Å². The molecule has 1 aromatic carbocycles. The van der Waals surface area contributed by atoms with E-state index in [9.17, 15) is 4.79 Å². The van der Waals surface area contributed by atoms with Crippen molar-refractivity contribution in [2.75, 3.05) is 0 Å². The lowest BCUT2D eigenvalue weighted by Crippen LogP contribution is -2.00. The second-order valence-corrected chi connectivity index (χ2v) is 3.34. The number of hydrogen-bond acceptors (Lipinski definition) is 1. The van der Waals surface area contributed by atoms with Gasteiger partial charge in [0.2, 0.25) is 0 Å². The van der Waals surface area contributed by atoms with Gasteiger partial charge in [-0.1, -0.05) is 49.4 Å². The Kier molecular flexibility index (Phi) is 3.92. The molecule has 0 heterocycles. The maximum atomic E-state index is 10.4. The van der Waals surface area contributed by atoms with Crippen LogP contribution in [-0.4, -0.2) is 11.1 Å². The van der Waals surface area contributed by atoms with Gasteiger partial charge in [0.05, 0.1) is 6.42 Å². The van der Waals surface area contributed by atoms with E-state index in [1.165, 1.54) is 0 Å². The summed E-state index contributed by atoms with van der Waals surface area (Å²) in [6.45, 7) is 1.90. The average molecular weight is 190 g/mol. The molecule has 0 spiro atoms. The number of carbonyl (C=O) groups is 1. The van der Waals surface area contributed by atoms with Crippen molar-refractivity contribution in [3.05, 3.63) is 42.0 Å². The molecule has 0 saturated heterocycles. The molecular formula is C12H14O2. The van der Waals surface area contributed by atoms with Crippen LogP contribution in [0, 0.1) is 5.92 Å². The molecular weight excluding hydrogens is 176 g/mol. The van der Waals surface area contributed by atoms with Gasteiger partial charge in [0.1, 0.15) is 0 Å². The fourth-order valence-electron chi connectivity index (χ4n) is 1.18. The highest BCUT2D eigenvalue weighted by Crippen LogP contribution is 2.08. The monoisotopic (exact) mass is 190 g/mol. The molecule has 0 aliphatic heterocycles. The molecule has 1 rings (SSSR count). The summed E-state index contributed by atoms with van der Waals surface area (Å²) in [6.07, 6.45) is 4.06. The lowest BCUT2D eigenvalue weighted by atomic mass is 10.1. The van der Waals surface area contributed by atoms with Gasteiger partial charge in [0, 0.05) is 0 Å². The van der Waals surface area contributed by atoms with E-state index in [0.717, 1.165) is 5.56 Å². The zero-order valence-electron chi connectivity index (χ0n) is 8.18. The van der Waals surface area contributed by atoms with Crippen LogP contribution in [0.4, 0.5) is 0 Å². The summed E-state index contributed by atoms with van der Waals surface area (Å²) in [4.78, 5) is 10.4. The first-order valence-corrected chi connectivity index (χ1v) is 4.63. The van der Waals surface area contributed by atoms with Crippen molar-refractivity contribution >= 4 is 12.0 Å². The molecule has 1 atom stereocenters. The molecule has 14 heavy (non-hydrogen) atoms. The van der Waals surface area contributed by atoms with Crippen LogP contribution >= 0.6 is 0 Å². The summed E-state index contributed by atoms with van der Waals surface area (Å²) >= 11 is 0. The lowest BCUT2D eigenvalue weighted by molar-refractivity contribution is -0.137. The fourth-order valence-corrected chi connectivity index (χ4v) is 1.18. The average Bonchev–Trinajstić information content (AvgIpc) is 2.15. The molecule has 0 amide bonds. The minimum Gasteiger partial charge on any atom is -0.481 e. The molecule has 0 saturated carbocycles. The molecule has 0 aliphatic carbocycles. The van der Waals surface area contributed by atoms with Crippen LogP contribution in [-0.2, 0) is 4.79 Å². The zero-order chi connectivity index (χ0) is 10.4. The Morgan fingerprint density at radius 3 is 2.64 bits per heavy atom. The van der Waals surface area contributed by atoms with E-state index in [1.807, 2.05) is 49.4 Å². The first-order valence-electron chi connectivity index (χ1n) is 4.63. The number of carboxylic acids is 1. The molecule has 2 heteroatoms. The van der Waals surface area contributed by atoms with Gasteiger partial charge < -0.3 is 5.11 Å². The first kappa shape index (κ1) is 10.5. The predicted octanol–water partition coefficient (Wildman–Crippen LogP) is 2.81. The molecule has 1 N–H and O–H groups in total. The van der Waals surface area contributed by atoms with Crippen LogP contribution in [0.15, 0.2) is 36.4 Å². The van der Waals surface area contributed by atoms with E-state index in [2.05, 4.69) is 0 Å². The summed E-state index contributed by atoms with van der Waals surface area (Å²) in [7, 11) is 0. The highest BCUT2D eigenvalue weighted by atomic mass is 16.4. The summed E-state index contributed by atoms with van der Waals surface area (Å²) in [6, 6.07) is 9.86. The van der Waals surface area contributed by atoms with Gasteiger partial charge >= 0.3 is 5.97 Å². The third-order valence-corrected chi connectivity index (χ3v) is 1.91. The van der Waals surface area contributed by atoms with Crippen LogP contribution in [0.25, 0.3) is 6.08 Å². The van der Waals surface area contributed by atoms with E-state index in [-0.39, 0.29) is 12.3 Å². The Hall–Kier alpha value is -1.57. The van der Waals surface area contributed by atoms with Crippen molar-refractivity contribution in [3.8, 4) is 0 Å². The van der Waals surface area contributed by atoms with E-state index in [4.69, 9.17) is 5.11 Å². The number of carboxylic acid groups (broad SMARTS) is 1. The second-order valence-electron chi connectivity index (χ2n) is 3.34. The number of hydrogen-bond donors (Lipinski definition) is 1. The van der Waals surface area contributed by atoms with E-state index < -0.39 is 5.97 Å². The molecule has 74 valence electrons. The van der Waals surface area contributed by atoms with Gasteiger partial charge in [-0.15, -0.1) is 0 Å². The molecule has 0 radical (unpaired) electrons. The third kappa shape index (κ3) is 3.90. The summed E-state index contributed by atoms with van der Waals surface area (Å²) in [5.41, 5.74) is 1.10. The Bertz CT molecular complexity index is 314. The van der Waals surface area contributed by atoms with Gasteiger partial charge in [0.25, 0.3) is 0 Å². The van der Waals surface area contributed by atoms with Gasteiger partial charge in [-0.25, -0.2) is 0 Å². The van der Waals surface area contributed by atoms with Crippen LogP contribution in [0.1, 0.15) is 18.9 Å². The van der Waals surface area contributed by atoms with Gasteiger partial charge in [-0.05, 0) is 11.5 Å². The summed E-state index contributed by atoms with van der Waals surface area (Å²) < 4.78 is 0. The Morgan fingerprint density at radius 1 is 1.43 bits per heavy atom. The molecule has 0 aliphatic rings. The van der Waals surface area contributed by atoms with Gasteiger partial charge in [-0.2, -0.15) is 0 Å². The Labute approximate surface area is 83.9 Å². The third-order valence-electron chi connectivity index (χ3n) is 1.91. The number of benzene rings is 1. The maximum Gasteiger partial charge on any atom is 0.303 e. The van der Waals surface area contributed by atoms with Crippen molar-refractivity contribution in [2.45, 2.75) is 13.3 Å². The molecule has 1 aromatic rings. The van der Waals surface area contributed by atoms with Crippen molar-refractivity contribution in [2.24, 2.45) is 5.92 Å². The molecule has 0 aromatic heterocycles. The Balaban J connectivity index is 2.52. The standard InChI is InChI=1S/C12H14O2/c1-10(9-12(13)14)7-8-11-5-3-2-4-6-11/h2-8,10H,9H2,1H3,(H,13,14)/b8-7+/t10-/m1/s1. The normalized spacial score (nSPS) is 12.9. The summed E-state index contributed by atoms with van der Waals surface area (Å²) in [5, 5.41) is 8.55. The first-order chi connectivity index (χ1) is 6.68. The zero-order valence-corrected chi connectivity index (χ0v) is 8.18. The predicted molar refractivity (Wildman–Crippen MR) is 56.9 cm³/mol. The highest BCUT2D eigenvalue weighted by molar-refractivity contribution is 5.67. The number of allylic oxidation sites excluding steroid dienone is 1. The molecule has 0 fully saturated rings. The van der Waals surface area contributed by atoms with Crippen LogP contribution < -0.4 is 0 Å². The minimum absolute atomic E-state index is 0.0766. The molecule has 0 unspecified atom stereocenters. The second kappa shape index (κ2) is 5.22. The van der Waals surface area contributed by atoms with Crippen LogP contribution in [0.3, 0.4) is 0 Å². The van der Waals surface area contributed by atoms with Gasteiger partial charge in [-0.3, -0.25) is 4.79 Å². The van der Waals surface area contributed by atoms with Gasteiger partial charge in [0.15, 0.2) is 0 Å². The topological polar surface area (TPSA) is 37.3 Å². The minimum atomic E-state index is -0.754. The van der Waals surface area contributed by atoms with E-state index >= 15 is 0 Å². The lowest BCUT2D eigenvalue weighted by Gasteiger charge is -2.00. The highest BCUT2D eigenvalue weighted by Gasteiger charge is 2.02. The van der Waals surface area contributed by atoms with Crippen molar-refractivity contribution in [1.82, 2.24) is 0 Å². The smallest absolute Gasteiger partial charge is 0.303 e. The SMILES string of the molecule is C[C@H](/C=C/c1ccccc1)CC(=O)O. The molecule has 0 bridgehead atoms. The van der Waals surface area contributed by atoms with Crippen molar-refractivity contribution in [3.63, 3.8) is 0 Å². The van der Waals surface area contributed by atoms with Crippen molar-refractivity contribution < 1.29 is 9.90 Å². The Morgan fingerprint density at radius 2 is 2.07 bits per heavy atom. The summed E-state index contributed by atoms with van der Waals surface area (Å²) in [5.74, 6) is -0.678. The quantitative estimate of drug-likeness (QED) is 0.792. The maximum absolute atomic E-state index is 10.4. The van der Waals surface area contributed by atoms with E-state index in [1.54, 1.807) is 0 Å². The molecule has 2 nitrogen and oxygen atoms in total. The number of rotatable bonds is 4. The van der Waals surface area contributed by atoms with Crippen LogP contribution in [0.5, 0.6) is 0 Å². The largest absolute Gasteiger partial charge is 0.481 e.